The van der Waals surface area contributed by atoms with Crippen LogP contribution in [0.25, 0.3) is 0 Å². The van der Waals surface area contributed by atoms with E-state index in [0.29, 0.717) is 12.0 Å². The third-order valence-electron chi connectivity index (χ3n) is 3.64. The maximum atomic E-state index is 13.2. The fourth-order valence-electron chi connectivity index (χ4n) is 2.50. The van der Waals surface area contributed by atoms with Gasteiger partial charge in [-0.1, -0.05) is 6.92 Å². The molecule has 2 rings (SSSR count). The summed E-state index contributed by atoms with van der Waals surface area (Å²) in [6, 6.07) is 4.51. The highest BCUT2D eigenvalue weighted by molar-refractivity contribution is 5.55. The van der Waals surface area contributed by atoms with Crippen molar-refractivity contribution < 1.29 is 14.6 Å². The summed E-state index contributed by atoms with van der Waals surface area (Å²) in [4.78, 5) is 2.11. The summed E-state index contributed by atoms with van der Waals surface area (Å²) in [6.07, 6.45) is -0.257. The molecule has 3 unspecified atom stereocenters. The first-order chi connectivity index (χ1) is 8.49. The molecule has 100 valence electrons. The summed E-state index contributed by atoms with van der Waals surface area (Å²) in [6.45, 7) is 5.10. The van der Waals surface area contributed by atoms with Crippen molar-refractivity contribution in [3.05, 3.63) is 29.6 Å². The zero-order valence-electron chi connectivity index (χ0n) is 10.8. The van der Waals surface area contributed by atoms with Gasteiger partial charge in [-0.05, 0) is 37.5 Å². The minimum atomic E-state index is -0.696. The summed E-state index contributed by atoms with van der Waals surface area (Å²) >= 11 is 0. The molecule has 1 saturated heterocycles. The lowest BCUT2D eigenvalue weighted by molar-refractivity contribution is 0.0968. The fraction of sp³-hybridized carbons (Fsp3) is 0.571. The van der Waals surface area contributed by atoms with Crippen molar-refractivity contribution in [2.45, 2.75) is 32.5 Å². The molecular weight excluding hydrogens is 233 g/mol. The molecule has 0 saturated carbocycles. The van der Waals surface area contributed by atoms with Crippen LogP contribution >= 0.6 is 0 Å². The SMILES string of the molecule is CC(O)c1cc(F)ccc1N1CCC(O)C(C)C1. The smallest absolute Gasteiger partial charge is 0.123 e. The second kappa shape index (κ2) is 5.24. The normalized spacial score (nSPS) is 26.2. The van der Waals surface area contributed by atoms with Crippen molar-refractivity contribution in [2.75, 3.05) is 18.0 Å². The molecule has 4 heteroatoms. The zero-order valence-corrected chi connectivity index (χ0v) is 10.8. The van der Waals surface area contributed by atoms with Gasteiger partial charge in [0.05, 0.1) is 12.2 Å². The van der Waals surface area contributed by atoms with Crippen LogP contribution in [0.2, 0.25) is 0 Å². The van der Waals surface area contributed by atoms with Crippen LogP contribution in [0.3, 0.4) is 0 Å². The van der Waals surface area contributed by atoms with Gasteiger partial charge >= 0.3 is 0 Å². The Hall–Kier alpha value is -1.13. The maximum absolute atomic E-state index is 13.2. The van der Waals surface area contributed by atoms with Crippen molar-refractivity contribution in [2.24, 2.45) is 5.92 Å². The van der Waals surface area contributed by atoms with Crippen molar-refractivity contribution in [3.8, 4) is 0 Å². The van der Waals surface area contributed by atoms with Crippen LogP contribution in [0, 0.1) is 11.7 Å². The molecule has 0 bridgehead atoms. The quantitative estimate of drug-likeness (QED) is 0.848. The Morgan fingerprint density at radius 1 is 1.44 bits per heavy atom. The number of hydrogen-bond acceptors (Lipinski definition) is 3. The lowest BCUT2D eigenvalue weighted by Crippen LogP contribution is -2.42. The highest BCUT2D eigenvalue weighted by atomic mass is 19.1. The van der Waals surface area contributed by atoms with Gasteiger partial charge in [-0.3, -0.25) is 0 Å². The molecule has 1 fully saturated rings. The van der Waals surface area contributed by atoms with Gasteiger partial charge in [-0.15, -0.1) is 0 Å². The van der Waals surface area contributed by atoms with Crippen LogP contribution in [-0.4, -0.2) is 29.4 Å². The van der Waals surface area contributed by atoms with Gasteiger partial charge in [-0.2, -0.15) is 0 Å². The first-order valence-electron chi connectivity index (χ1n) is 6.39. The monoisotopic (exact) mass is 253 g/mol. The molecule has 3 nitrogen and oxygen atoms in total. The molecular formula is C14H20FNO2. The topological polar surface area (TPSA) is 43.7 Å². The number of piperidine rings is 1. The Morgan fingerprint density at radius 3 is 2.78 bits per heavy atom. The number of hydrogen-bond donors (Lipinski definition) is 2. The summed E-state index contributed by atoms with van der Waals surface area (Å²) in [5, 5.41) is 19.5. The van der Waals surface area contributed by atoms with Gasteiger partial charge in [0, 0.05) is 24.3 Å². The van der Waals surface area contributed by atoms with Gasteiger partial charge in [0.1, 0.15) is 5.82 Å². The van der Waals surface area contributed by atoms with E-state index in [2.05, 4.69) is 4.90 Å². The largest absolute Gasteiger partial charge is 0.393 e. The Bertz CT molecular complexity index is 422. The number of benzene rings is 1. The summed E-state index contributed by atoms with van der Waals surface area (Å²) in [5.74, 6) is -0.148. The molecule has 1 heterocycles. The molecule has 1 aromatic rings. The van der Waals surface area contributed by atoms with Gasteiger partial charge in [0.15, 0.2) is 0 Å². The molecule has 0 spiro atoms. The van der Waals surface area contributed by atoms with E-state index < -0.39 is 6.10 Å². The van der Waals surface area contributed by atoms with Crippen LogP contribution in [0.5, 0.6) is 0 Å². The average molecular weight is 253 g/mol. The molecule has 1 aliphatic heterocycles. The second-order valence-electron chi connectivity index (χ2n) is 5.16. The van der Waals surface area contributed by atoms with Crippen molar-refractivity contribution in [3.63, 3.8) is 0 Å². The Labute approximate surface area is 107 Å². The summed E-state index contributed by atoms with van der Waals surface area (Å²) in [5.41, 5.74) is 1.48. The summed E-state index contributed by atoms with van der Waals surface area (Å²) < 4.78 is 13.2. The number of nitrogens with zero attached hydrogens (tertiary/aromatic N) is 1. The Kier molecular flexibility index (Phi) is 3.88. The van der Waals surface area contributed by atoms with E-state index in [1.165, 1.54) is 12.1 Å². The Morgan fingerprint density at radius 2 is 2.17 bits per heavy atom. The predicted octanol–water partition coefficient (Wildman–Crippen LogP) is 2.09. The van der Waals surface area contributed by atoms with E-state index in [1.54, 1.807) is 13.0 Å². The maximum Gasteiger partial charge on any atom is 0.123 e. The molecule has 0 aliphatic carbocycles. The molecule has 1 aliphatic rings. The van der Waals surface area contributed by atoms with Gasteiger partial charge in [0.2, 0.25) is 0 Å². The third-order valence-corrected chi connectivity index (χ3v) is 3.64. The molecule has 3 atom stereocenters. The molecule has 0 radical (unpaired) electrons. The van der Waals surface area contributed by atoms with Crippen LogP contribution in [0.4, 0.5) is 10.1 Å². The van der Waals surface area contributed by atoms with E-state index in [0.717, 1.165) is 18.8 Å². The van der Waals surface area contributed by atoms with Gasteiger partial charge in [-0.25, -0.2) is 4.39 Å². The fourth-order valence-corrected chi connectivity index (χ4v) is 2.50. The molecule has 18 heavy (non-hydrogen) atoms. The first kappa shape index (κ1) is 13.3. The number of aliphatic hydroxyl groups is 2. The van der Waals surface area contributed by atoms with E-state index in [4.69, 9.17) is 0 Å². The van der Waals surface area contributed by atoms with Crippen molar-refractivity contribution >= 4 is 5.69 Å². The van der Waals surface area contributed by atoms with Gasteiger partial charge in [0.25, 0.3) is 0 Å². The van der Waals surface area contributed by atoms with Crippen LogP contribution in [-0.2, 0) is 0 Å². The van der Waals surface area contributed by atoms with Gasteiger partial charge < -0.3 is 15.1 Å². The highest BCUT2D eigenvalue weighted by Gasteiger charge is 2.26. The second-order valence-corrected chi connectivity index (χ2v) is 5.16. The molecule has 1 aromatic carbocycles. The zero-order chi connectivity index (χ0) is 13.3. The van der Waals surface area contributed by atoms with Crippen LogP contribution in [0.1, 0.15) is 31.9 Å². The van der Waals surface area contributed by atoms with E-state index in [-0.39, 0.29) is 17.8 Å². The molecule has 0 aromatic heterocycles. The molecule has 0 amide bonds. The van der Waals surface area contributed by atoms with Crippen molar-refractivity contribution in [1.29, 1.82) is 0 Å². The minimum Gasteiger partial charge on any atom is -0.393 e. The standard InChI is InChI=1S/C14H20FNO2/c1-9-8-16(6-5-14(9)18)13-4-3-11(15)7-12(13)10(2)17/h3-4,7,9-10,14,17-18H,5-6,8H2,1-2H3. The number of halogens is 1. The van der Waals surface area contributed by atoms with Crippen molar-refractivity contribution in [1.82, 2.24) is 0 Å². The number of anilines is 1. The third kappa shape index (κ3) is 2.65. The van der Waals surface area contributed by atoms with Crippen LogP contribution in [0.15, 0.2) is 18.2 Å². The summed E-state index contributed by atoms with van der Waals surface area (Å²) in [7, 11) is 0. The predicted molar refractivity (Wildman–Crippen MR) is 69.0 cm³/mol. The van der Waals surface area contributed by atoms with E-state index in [1.807, 2.05) is 6.92 Å². The number of aliphatic hydroxyl groups excluding tert-OH is 2. The lowest BCUT2D eigenvalue weighted by Gasteiger charge is -2.37. The Balaban J connectivity index is 2.28. The molecule has 2 N–H and O–H groups in total. The average Bonchev–Trinajstić information content (AvgIpc) is 2.32. The lowest BCUT2D eigenvalue weighted by atomic mass is 9.95. The highest BCUT2D eigenvalue weighted by Crippen LogP contribution is 2.30. The number of rotatable bonds is 2. The van der Waals surface area contributed by atoms with E-state index in [9.17, 15) is 14.6 Å². The van der Waals surface area contributed by atoms with Crippen LogP contribution < -0.4 is 4.90 Å². The first-order valence-corrected chi connectivity index (χ1v) is 6.39. The van der Waals surface area contributed by atoms with E-state index >= 15 is 0 Å². The minimum absolute atomic E-state index is 0.186.